The van der Waals surface area contributed by atoms with Crippen molar-refractivity contribution in [2.75, 3.05) is 12.4 Å². The lowest BCUT2D eigenvalue weighted by Crippen LogP contribution is -2.10. The average Bonchev–Trinajstić information content (AvgIpc) is 2.18. The van der Waals surface area contributed by atoms with Gasteiger partial charge in [0.25, 0.3) is 0 Å². The molecule has 0 saturated heterocycles. The quantitative estimate of drug-likeness (QED) is 0.772. The van der Waals surface area contributed by atoms with Gasteiger partial charge in [-0.1, -0.05) is 11.6 Å². The number of rotatable bonds is 3. The standard InChI is InChI=1S/C9H9BClNO2/c1-14-8-3-2-6(11)4-7(8)12-9(13)5-10/h2-4H,5H2,1H3,(H,12,13). The molecule has 0 spiro atoms. The van der Waals surface area contributed by atoms with Crippen LogP contribution in [0.1, 0.15) is 0 Å². The SMILES string of the molecule is [B]CC(=O)Nc1cc(Cl)ccc1OC. The Balaban J connectivity index is 2.93. The Hall–Kier alpha value is -1.16. The van der Waals surface area contributed by atoms with Crippen molar-refractivity contribution in [3.8, 4) is 5.75 Å². The van der Waals surface area contributed by atoms with Crippen LogP contribution in [0.15, 0.2) is 18.2 Å². The van der Waals surface area contributed by atoms with Crippen molar-refractivity contribution in [3.05, 3.63) is 23.2 Å². The lowest BCUT2D eigenvalue weighted by atomic mass is 10.0. The number of halogens is 1. The van der Waals surface area contributed by atoms with E-state index in [1.807, 2.05) is 0 Å². The molecule has 1 aromatic carbocycles. The molecule has 72 valence electrons. The molecule has 5 heteroatoms. The predicted molar refractivity (Wildman–Crippen MR) is 57.2 cm³/mol. The topological polar surface area (TPSA) is 38.3 Å². The molecule has 1 aromatic rings. The Morgan fingerprint density at radius 1 is 1.64 bits per heavy atom. The normalized spacial score (nSPS) is 9.57. The zero-order valence-electron chi connectivity index (χ0n) is 7.71. The molecule has 0 fully saturated rings. The fourth-order valence-electron chi connectivity index (χ4n) is 0.979. The van der Waals surface area contributed by atoms with Gasteiger partial charge in [-0.05, 0) is 24.5 Å². The first kappa shape index (κ1) is 10.9. The maximum absolute atomic E-state index is 11.0. The number of methoxy groups -OCH3 is 1. The zero-order chi connectivity index (χ0) is 10.6. The molecule has 3 nitrogen and oxygen atoms in total. The summed E-state index contributed by atoms with van der Waals surface area (Å²) in [5.41, 5.74) is 0.524. The minimum absolute atomic E-state index is 0.0737. The smallest absolute Gasteiger partial charge is 0.215 e. The average molecular weight is 209 g/mol. The van der Waals surface area contributed by atoms with Crippen LogP contribution >= 0.6 is 11.6 Å². The molecule has 0 aromatic heterocycles. The van der Waals surface area contributed by atoms with Gasteiger partial charge >= 0.3 is 0 Å². The number of carbonyl (C=O) groups excluding carboxylic acids is 1. The lowest BCUT2D eigenvalue weighted by molar-refractivity contribution is -0.114. The predicted octanol–water partition coefficient (Wildman–Crippen LogP) is 1.87. The second-order valence-electron chi connectivity index (χ2n) is 2.60. The van der Waals surface area contributed by atoms with Crippen LogP contribution in [0.3, 0.4) is 0 Å². The second kappa shape index (κ2) is 4.91. The Morgan fingerprint density at radius 2 is 2.36 bits per heavy atom. The van der Waals surface area contributed by atoms with E-state index in [1.54, 1.807) is 18.2 Å². The molecule has 14 heavy (non-hydrogen) atoms. The molecule has 0 aliphatic carbocycles. The summed E-state index contributed by atoms with van der Waals surface area (Å²) in [7, 11) is 6.68. The summed E-state index contributed by atoms with van der Waals surface area (Å²) in [6.45, 7) is 0. The van der Waals surface area contributed by atoms with E-state index >= 15 is 0 Å². The molecule has 0 unspecified atom stereocenters. The van der Waals surface area contributed by atoms with Gasteiger partial charge in [0.2, 0.25) is 5.91 Å². The molecular weight excluding hydrogens is 200 g/mol. The summed E-state index contributed by atoms with van der Waals surface area (Å²) >= 11 is 5.76. The monoisotopic (exact) mass is 209 g/mol. The van der Waals surface area contributed by atoms with Crippen molar-refractivity contribution < 1.29 is 9.53 Å². The molecule has 0 aliphatic heterocycles. The van der Waals surface area contributed by atoms with Gasteiger partial charge in [0.05, 0.1) is 20.6 Å². The molecule has 0 atom stereocenters. The number of hydrogen-bond donors (Lipinski definition) is 1. The van der Waals surface area contributed by atoms with E-state index < -0.39 is 0 Å². The van der Waals surface area contributed by atoms with Crippen LogP contribution in [0, 0.1) is 0 Å². The van der Waals surface area contributed by atoms with Gasteiger partial charge < -0.3 is 10.1 Å². The summed E-state index contributed by atoms with van der Waals surface area (Å²) in [6, 6.07) is 4.96. The number of ether oxygens (including phenoxy) is 1. The largest absolute Gasteiger partial charge is 0.495 e. The molecule has 2 radical (unpaired) electrons. The van der Waals surface area contributed by atoms with E-state index in [0.717, 1.165) is 0 Å². The summed E-state index contributed by atoms with van der Waals surface area (Å²) in [4.78, 5) is 11.0. The van der Waals surface area contributed by atoms with Gasteiger partial charge in [0.1, 0.15) is 5.75 Å². The Bertz CT molecular complexity index is 344. The third-order valence-electron chi connectivity index (χ3n) is 1.62. The summed E-state index contributed by atoms with van der Waals surface area (Å²) in [5, 5.41) is 3.10. The highest BCUT2D eigenvalue weighted by Gasteiger charge is 2.05. The van der Waals surface area contributed by atoms with Crippen LogP contribution in [-0.4, -0.2) is 20.9 Å². The van der Waals surface area contributed by atoms with E-state index in [2.05, 4.69) is 5.32 Å². The lowest BCUT2D eigenvalue weighted by Gasteiger charge is -2.09. The first-order valence-electron chi connectivity index (χ1n) is 4.01. The van der Waals surface area contributed by atoms with Gasteiger partial charge in [-0.3, -0.25) is 4.79 Å². The molecule has 0 bridgehead atoms. The number of benzene rings is 1. The van der Waals surface area contributed by atoms with Crippen molar-refractivity contribution >= 4 is 31.0 Å². The zero-order valence-corrected chi connectivity index (χ0v) is 8.47. The highest BCUT2D eigenvalue weighted by molar-refractivity contribution is 6.31. The minimum Gasteiger partial charge on any atom is -0.495 e. The molecular formula is C9H9BClNO2. The first-order chi connectivity index (χ1) is 6.67. The molecule has 0 heterocycles. The van der Waals surface area contributed by atoms with Crippen molar-refractivity contribution in [1.29, 1.82) is 0 Å². The highest BCUT2D eigenvalue weighted by Crippen LogP contribution is 2.27. The van der Waals surface area contributed by atoms with Gasteiger partial charge in [-0.2, -0.15) is 0 Å². The van der Waals surface area contributed by atoms with Gasteiger partial charge in [-0.15, -0.1) is 0 Å². The van der Waals surface area contributed by atoms with Crippen LogP contribution < -0.4 is 10.1 Å². The van der Waals surface area contributed by atoms with Crippen LogP contribution in [0.4, 0.5) is 5.69 Å². The van der Waals surface area contributed by atoms with E-state index in [1.165, 1.54) is 7.11 Å². The molecule has 0 saturated carbocycles. The number of anilines is 1. The van der Waals surface area contributed by atoms with Crippen LogP contribution in [-0.2, 0) is 4.79 Å². The number of nitrogens with one attached hydrogen (secondary N) is 1. The second-order valence-corrected chi connectivity index (χ2v) is 3.03. The third-order valence-corrected chi connectivity index (χ3v) is 1.86. The third kappa shape index (κ3) is 2.67. The van der Waals surface area contributed by atoms with E-state index in [0.29, 0.717) is 16.5 Å². The summed E-state index contributed by atoms with van der Waals surface area (Å²) in [5.74, 6) is 0.266. The van der Waals surface area contributed by atoms with Crippen molar-refractivity contribution in [2.45, 2.75) is 6.32 Å². The molecule has 0 aliphatic rings. The Labute approximate surface area is 88.8 Å². The molecule has 1 N–H and O–H groups in total. The number of amides is 1. The van der Waals surface area contributed by atoms with E-state index in [9.17, 15) is 4.79 Å². The van der Waals surface area contributed by atoms with E-state index in [-0.39, 0.29) is 12.2 Å². The first-order valence-corrected chi connectivity index (χ1v) is 4.38. The van der Waals surface area contributed by atoms with E-state index in [4.69, 9.17) is 24.2 Å². The maximum Gasteiger partial charge on any atom is 0.215 e. The Kier molecular flexibility index (Phi) is 3.83. The Morgan fingerprint density at radius 3 is 2.93 bits per heavy atom. The number of hydrogen-bond acceptors (Lipinski definition) is 2. The van der Waals surface area contributed by atoms with Crippen LogP contribution in [0.25, 0.3) is 0 Å². The van der Waals surface area contributed by atoms with Crippen molar-refractivity contribution in [2.24, 2.45) is 0 Å². The van der Waals surface area contributed by atoms with Gasteiger partial charge in [-0.25, -0.2) is 0 Å². The van der Waals surface area contributed by atoms with Crippen LogP contribution in [0.5, 0.6) is 5.75 Å². The molecule has 1 amide bonds. The number of carbonyl (C=O) groups is 1. The fourth-order valence-corrected chi connectivity index (χ4v) is 1.15. The summed E-state index contributed by atoms with van der Waals surface area (Å²) in [6.07, 6.45) is -0.0737. The maximum atomic E-state index is 11.0. The minimum atomic E-state index is -0.287. The van der Waals surface area contributed by atoms with Gasteiger partial charge in [0, 0.05) is 5.02 Å². The van der Waals surface area contributed by atoms with Crippen molar-refractivity contribution in [3.63, 3.8) is 0 Å². The van der Waals surface area contributed by atoms with Gasteiger partial charge in [0.15, 0.2) is 0 Å². The summed E-state index contributed by atoms with van der Waals surface area (Å²) < 4.78 is 5.03. The van der Waals surface area contributed by atoms with Crippen LogP contribution in [0.2, 0.25) is 11.3 Å². The fraction of sp³-hybridized carbons (Fsp3) is 0.222. The van der Waals surface area contributed by atoms with Crippen molar-refractivity contribution in [1.82, 2.24) is 0 Å². The molecule has 1 rings (SSSR count). The highest BCUT2D eigenvalue weighted by atomic mass is 35.5.